The van der Waals surface area contributed by atoms with Crippen molar-refractivity contribution in [3.8, 4) is 0 Å². The molecule has 1 aliphatic heterocycles. The maximum atomic E-state index is 13.7. The third-order valence-corrected chi connectivity index (χ3v) is 2.77. The fraction of sp³-hybridized carbons (Fsp3) is 0.400. The molecule has 1 nitrogen and oxygen atoms in total. The predicted molar refractivity (Wildman–Crippen MR) is 51.8 cm³/mol. The molecule has 0 amide bonds. The summed E-state index contributed by atoms with van der Waals surface area (Å²) in [6.45, 7) is 0.639. The van der Waals surface area contributed by atoms with Gasteiger partial charge in [-0.25, -0.2) is 8.78 Å². The zero-order chi connectivity index (χ0) is 10.2. The molecule has 14 heavy (non-hydrogen) atoms. The molecule has 4 heteroatoms. The van der Waals surface area contributed by atoms with Crippen molar-refractivity contribution < 1.29 is 8.78 Å². The Labute approximate surface area is 86.1 Å². The Hall–Kier alpha value is -0.670. The van der Waals surface area contributed by atoms with E-state index in [2.05, 4.69) is 5.32 Å². The minimum absolute atomic E-state index is 0.177. The van der Waals surface area contributed by atoms with Gasteiger partial charge in [0, 0.05) is 24.5 Å². The van der Waals surface area contributed by atoms with Crippen LogP contribution in [0.4, 0.5) is 8.78 Å². The molecule has 1 fully saturated rings. The number of hydrogen-bond acceptors (Lipinski definition) is 1. The molecule has 0 bridgehead atoms. The molecule has 1 heterocycles. The summed E-state index contributed by atoms with van der Waals surface area (Å²) in [5.74, 6) is -0.375. The summed E-state index contributed by atoms with van der Waals surface area (Å²) >= 11 is 5.83. The zero-order valence-corrected chi connectivity index (χ0v) is 8.24. The topological polar surface area (TPSA) is 12.0 Å². The van der Waals surface area contributed by atoms with Crippen LogP contribution >= 0.6 is 11.6 Å². The molecule has 1 aromatic rings. The lowest BCUT2D eigenvalue weighted by molar-refractivity contribution is 0.0911. The molecule has 76 valence electrons. The van der Waals surface area contributed by atoms with Crippen molar-refractivity contribution in [2.75, 3.05) is 13.1 Å². The van der Waals surface area contributed by atoms with Crippen molar-refractivity contribution in [3.05, 3.63) is 34.6 Å². The Kier molecular flexibility index (Phi) is 2.45. The van der Waals surface area contributed by atoms with Crippen molar-refractivity contribution in [2.45, 2.75) is 12.1 Å². The van der Waals surface area contributed by atoms with Crippen LogP contribution in [-0.4, -0.2) is 18.8 Å². The average molecular weight is 218 g/mol. The molecule has 0 atom stereocenters. The first-order chi connectivity index (χ1) is 6.59. The predicted octanol–water partition coefficient (Wildman–Crippen LogP) is 2.33. The van der Waals surface area contributed by atoms with Crippen molar-refractivity contribution in [1.82, 2.24) is 5.32 Å². The molecule has 1 N–H and O–H groups in total. The fourth-order valence-electron chi connectivity index (χ4n) is 1.54. The van der Waals surface area contributed by atoms with Gasteiger partial charge in [0.2, 0.25) is 0 Å². The summed E-state index contributed by atoms with van der Waals surface area (Å²) in [4.78, 5) is 0. The SMILES string of the molecule is Fc1ccc(Cl)c(CC2(F)CNC2)c1. The molecule has 0 unspecified atom stereocenters. The minimum atomic E-state index is -1.25. The summed E-state index contributed by atoms with van der Waals surface area (Å²) in [6, 6.07) is 4.03. The lowest BCUT2D eigenvalue weighted by Crippen LogP contribution is -2.57. The molecule has 1 saturated heterocycles. The Bertz CT molecular complexity index is 350. The highest BCUT2D eigenvalue weighted by Crippen LogP contribution is 2.27. The summed E-state index contributed by atoms with van der Waals surface area (Å²) in [5.41, 5.74) is -0.715. The average Bonchev–Trinajstić information content (AvgIpc) is 2.09. The van der Waals surface area contributed by atoms with E-state index in [1.807, 2.05) is 0 Å². The van der Waals surface area contributed by atoms with Gasteiger partial charge in [-0.2, -0.15) is 0 Å². The summed E-state index contributed by atoms with van der Waals surface area (Å²) in [6.07, 6.45) is 0.177. The highest BCUT2D eigenvalue weighted by atomic mass is 35.5. The normalized spacial score (nSPS) is 19.1. The lowest BCUT2D eigenvalue weighted by Gasteiger charge is -2.35. The van der Waals surface area contributed by atoms with Crippen LogP contribution in [0.15, 0.2) is 18.2 Å². The van der Waals surface area contributed by atoms with Gasteiger partial charge < -0.3 is 5.32 Å². The second-order valence-corrected chi connectivity index (χ2v) is 4.07. The minimum Gasteiger partial charge on any atom is -0.310 e. The second-order valence-electron chi connectivity index (χ2n) is 3.67. The van der Waals surface area contributed by atoms with Gasteiger partial charge in [-0.3, -0.25) is 0 Å². The van der Waals surface area contributed by atoms with E-state index in [1.54, 1.807) is 0 Å². The van der Waals surface area contributed by atoms with Crippen LogP contribution in [0, 0.1) is 5.82 Å². The van der Waals surface area contributed by atoms with E-state index in [4.69, 9.17) is 11.6 Å². The number of hydrogen-bond donors (Lipinski definition) is 1. The van der Waals surface area contributed by atoms with Crippen LogP contribution in [0.25, 0.3) is 0 Å². The van der Waals surface area contributed by atoms with Gasteiger partial charge >= 0.3 is 0 Å². The highest BCUT2D eigenvalue weighted by Gasteiger charge is 2.37. The van der Waals surface area contributed by atoms with Crippen molar-refractivity contribution in [2.24, 2.45) is 0 Å². The Morgan fingerprint density at radius 3 is 2.71 bits per heavy atom. The van der Waals surface area contributed by atoms with Crippen LogP contribution < -0.4 is 5.32 Å². The van der Waals surface area contributed by atoms with Gasteiger partial charge in [-0.05, 0) is 23.8 Å². The first-order valence-corrected chi connectivity index (χ1v) is 4.80. The number of halogens is 3. The first-order valence-electron chi connectivity index (χ1n) is 4.43. The van der Waals surface area contributed by atoms with E-state index >= 15 is 0 Å². The molecular weight excluding hydrogens is 208 g/mol. The molecule has 0 aliphatic carbocycles. The van der Waals surface area contributed by atoms with Crippen LogP contribution in [0.2, 0.25) is 5.02 Å². The van der Waals surface area contributed by atoms with Crippen molar-refractivity contribution in [1.29, 1.82) is 0 Å². The van der Waals surface area contributed by atoms with E-state index in [0.29, 0.717) is 23.7 Å². The van der Waals surface area contributed by atoms with Gasteiger partial charge in [-0.15, -0.1) is 0 Å². The zero-order valence-electron chi connectivity index (χ0n) is 7.49. The number of nitrogens with one attached hydrogen (secondary N) is 1. The van der Waals surface area contributed by atoms with Gasteiger partial charge in [0.05, 0.1) is 0 Å². The van der Waals surface area contributed by atoms with E-state index in [1.165, 1.54) is 18.2 Å². The maximum absolute atomic E-state index is 13.7. The number of alkyl halides is 1. The van der Waals surface area contributed by atoms with Crippen molar-refractivity contribution in [3.63, 3.8) is 0 Å². The van der Waals surface area contributed by atoms with E-state index < -0.39 is 5.67 Å². The van der Waals surface area contributed by atoms with Crippen LogP contribution in [0.5, 0.6) is 0 Å². The van der Waals surface area contributed by atoms with Crippen LogP contribution in [0.1, 0.15) is 5.56 Å². The first kappa shape index (κ1) is 9.87. The third kappa shape index (κ3) is 1.88. The molecule has 0 radical (unpaired) electrons. The standard InChI is InChI=1S/C10H10ClF2N/c11-9-2-1-8(12)3-7(9)4-10(13)5-14-6-10/h1-3,14H,4-6H2. The van der Waals surface area contributed by atoms with Gasteiger partial charge in [0.1, 0.15) is 11.5 Å². The third-order valence-electron chi connectivity index (χ3n) is 2.40. The molecule has 0 aromatic heterocycles. The Morgan fingerprint density at radius 1 is 1.43 bits per heavy atom. The Balaban J connectivity index is 2.19. The molecular formula is C10H10ClF2N. The molecule has 0 saturated carbocycles. The molecule has 1 aliphatic rings. The maximum Gasteiger partial charge on any atom is 0.139 e. The van der Waals surface area contributed by atoms with E-state index in [-0.39, 0.29) is 12.2 Å². The molecule has 2 rings (SSSR count). The monoisotopic (exact) mass is 217 g/mol. The number of benzene rings is 1. The molecule has 1 aromatic carbocycles. The van der Waals surface area contributed by atoms with Crippen LogP contribution in [-0.2, 0) is 6.42 Å². The van der Waals surface area contributed by atoms with E-state index in [9.17, 15) is 8.78 Å². The van der Waals surface area contributed by atoms with Gasteiger partial charge in [-0.1, -0.05) is 11.6 Å². The summed E-state index contributed by atoms with van der Waals surface area (Å²) < 4.78 is 26.5. The van der Waals surface area contributed by atoms with Crippen molar-refractivity contribution >= 4 is 11.6 Å². The second kappa shape index (κ2) is 3.48. The largest absolute Gasteiger partial charge is 0.310 e. The smallest absolute Gasteiger partial charge is 0.139 e. The Morgan fingerprint density at radius 2 is 2.14 bits per heavy atom. The lowest BCUT2D eigenvalue weighted by atomic mass is 9.91. The van der Waals surface area contributed by atoms with Gasteiger partial charge in [0.15, 0.2) is 0 Å². The van der Waals surface area contributed by atoms with E-state index in [0.717, 1.165) is 0 Å². The molecule has 0 spiro atoms. The number of rotatable bonds is 2. The summed E-state index contributed by atoms with van der Waals surface area (Å²) in [7, 11) is 0. The van der Waals surface area contributed by atoms with Crippen LogP contribution in [0.3, 0.4) is 0 Å². The van der Waals surface area contributed by atoms with Gasteiger partial charge in [0.25, 0.3) is 0 Å². The fourth-order valence-corrected chi connectivity index (χ4v) is 1.73. The highest BCUT2D eigenvalue weighted by molar-refractivity contribution is 6.31. The quantitative estimate of drug-likeness (QED) is 0.802. The summed E-state index contributed by atoms with van der Waals surface area (Å²) in [5, 5.41) is 3.27.